The molecule has 8 nitrogen and oxygen atoms in total. The molecular weight excluding hydrogens is 416 g/mol. The Bertz CT molecular complexity index is 1280. The number of thiazole rings is 1. The summed E-state index contributed by atoms with van der Waals surface area (Å²) in [5, 5.41) is 7.27. The molecule has 1 N–H and O–H groups in total. The number of aromatic nitrogens is 3. The summed E-state index contributed by atoms with van der Waals surface area (Å²) in [6.45, 7) is 4.95. The van der Waals surface area contributed by atoms with E-state index < -0.39 is 11.3 Å². The lowest BCUT2D eigenvalue weighted by Gasteiger charge is -2.08. The highest BCUT2D eigenvalue weighted by atomic mass is 32.1. The molecule has 0 saturated carbocycles. The van der Waals surface area contributed by atoms with Gasteiger partial charge < -0.3 is 9.47 Å². The number of ether oxygens (including phenoxy) is 2. The van der Waals surface area contributed by atoms with E-state index >= 15 is 0 Å². The Balaban J connectivity index is 1.57. The van der Waals surface area contributed by atoms with Gasteiger partial charge in [-0.1, -0.05) is 11.3 Å². The number of hydrogen-bond donors (Lipinski definition) is 1. The van der Waals surface area contributed by atoms with Crippen molar-refractivity contribution in [1.29, 1.82) is 0 Å². The Morgan fingerprint density at radius 2 is 1.74 bits per heavy atom. The maximum atomic E-state index is 12.7. The molecule has 31 heavy (non-hydrogen) atoms. The molecule has 4 aromatic rings. The van der Waals surface area contributed by atoms with E-state index in [1.165, 1.54) is 28.3 Å². The van der Waals surface area contributed by atoms with Crippen LogP contribution in [-0.2, 0) is 0 Å². The van der Waals surface area contributed by atoms with Gasteiger partial charge in [0.25, 0.3) is 5.91 Å². The molecule has 0 aliphatic carbocycles. The van der Waals surface area contributed by atoms with E-state index in [9.17, 15) is 9.59 Å². The average molecular weight is 436 g/mol. The van der Waals surface area contributed by atoms with Crippen LogP contribution in [0.5, 0.6) is 11.5 Å². The number of nitrogens with zero attached hydrogens (tertiary/aromatic N) is 3. The zero-order valence-electron chi connectivity index (χ0n) is 17.0. The van der Waals surface area contributed by atoms with Crippen molar-refractivity contribution in [3.8, 4) is 17.2 Å². The second kappa shape index (κ2) is 8.97. The predicted molar refractivity (Wildman–Crippen MR) is 120 cm³/mol. The maximum Gasteiger partial charge on any atom is 0.281 e. The van der Waals surface area contributed by atoms with Crippen LogP contribution < -0.4 is 20.2 Å². The van der Waals surface area contributed by atoms with Crippen LogP contribution in [0.15, 0.2) is 59.5 Å². The molecule has 0 unspecified atom stereocenters. The molecule has 0 radical (unpaired) electrons. The molecule has 2 heterocycles. The smallest absolute Gasteiger partial charge is 0.281 e. The fraction of sp³-hybridized carbons (Fsp3) is 0.182. The minimum absolute atomic E-state index is 0.217. The second-order valence-electron chi connectivity index (χ2n) is 6.44. The summed E-state index contributed by atoms with van der Waals surface area (Å²) in [5.74, 6) is 0.850. The van der Waals surface area contributed by atoms with E-state index in [1.807, 2.05) is 32.0 Å². The molecule has 0 bridgehead atoms. The Labute approximate surface area is 182 Å². The van der Waals surface area contributed by atoms with Gasteiger partial charge in [-0.05, 0) is 56.3 Å². The molecule has 0 atom stereocenters. The van der Waals surface area contributed by atoms with Crippen molar-refractivity contribution in [2.45, 2.75) is 13.8 Å². The number of carbonyl (C=O) groups excluding carboxylic acids is 1. The molecule has 0 aliphatic rings. The first-order valence-corrected chi connectivity index (χ1v) is 10.6. The normalized spacial score (nSPS) is 10.8. The van der Waals surface area contributed by atoms with Crippen LogP contribution in [0.4, 0.5) is 5.13 Å². The first-order chi connectivity index (χ1) is 15.1. The van der Waals surface area contributed by atoms with Crippen molar-refractivity contribution in [2.24, 2.45) is 0 Å². The average Bonchev–Trinajstić information content (AvgIpc) is 3.16. The van der Waals surface area contributed by atoms with Gasteiger partial charge >= 0.3 is 0 Å². The highest BCUT2D eigenvalue weighted by Crippen LogP contribution is 2.29. The fourth-order valence-corrected chi connectivity index (χ4v) is 3.83. The summed E-state index contributed by atoms with van der Waals surface area (Å²) in [6, 6.07) is 14.0. The van der Waals surface area contributed by atoms with Crippen molar-refractivity contribution in [1.82, 2.24) is 14.8 Å². The van der Waals surface area contributed by atoms with Gasteiger partial charge in [0.2, 0.25) is 5.43 Å². The summed E-state index contributed by atoms with van der Waals surface area (Å²) < 4.78 is 13.3. The Kier molecular flexibility index (Phi) is 5.94. The number of rotatable bonds is 7. The minimum atomic E-state index is -0.616. The maximum absolute atomic E-state index is 12.7. The van der Waals surface area contributed by atoms with Crippen molar-refractivity contribution < 1.29 is 14.3 Å². The number of hydrogen-bond acceptors (Lipinski definition) is 7. The lowest BCUT2D eigenvalue weighted by atomic mass is 10.3. The zero-order valence-corrected chi connectivity index (χ0v) is 17.8. The van der Waals surface area contributed by atoms with Gasteiger partial charge in [0.1, 0.15) is 11.5 Å². The fourth-order valence-electron chi connectivity index (χ4n) is 2.94. The van der Waals surface area contributed by atoms with Gasteiger partial charge in [0.15, 0.2) is 10.8 Å². The van der Waals surface area contributed by atoms with E-state index in [1.54, 1.807) is 24.3 Å². The molecule has 0 fully saturated rings. The number of carbonyl (C=O) groups is 1. The molecular formula is C22H20N4O4S. The third kappa shape index (κ3) is 4.56. The van der Waals surface area contributed by atoms with Crippen molar-refractivity contribution in [3.63, 3.8) is 0 Å². The van der Waals surface area contributed by atoms with E-state index in [4.69, 9.17) is 9.47 Å². The summed E-state index contributed by atoms with van der Waals surface area (Å²) in [6.07, 6.45) is 1.52. The molecule has 2 aromatic heterocycles. The van der Waals surface area contributed by atoms with Crippen LogP contribution >= 0.6 is 11.3 Å². The highest BCUT2D eigenvalue weighted by molar-refractivity contribution is 7.22. The Morgan fingerprint density at radius 1 is 1.03 bits per heavy atom. The topological polar surface area (TPSA) is 95.3 Å². The third-order valence-electron chi connectivity index (χ3n) is 4.33. The van der Waals surface area contributed by atoms with Gasteiger partial charge in [0, 0.05) is 12.3 Å². The van der Waals surface area contributed by atoms with Gasteiger partial charge in [-0.25, -0.2) is 9.67 Å². The lowest BCUT2D eigenvalue weighted by Crippen LogP contribution is -2.25. The van der Waals surface area contributed by atoms with E-state index in [0.29, 0.717) is 24.0 Å². The number of anilines is 1. The number of nitrogens with one attached hydrogen (secondary N) is 1. The van der Waals surface area contributed by atoms with Crippen molar-refractivity contribution in [2.75, 3.05) is 18.5 Å². The number of amides is 1. The van der Waals surface area contributed by atoms with Crippen LogP contribution in [0, 0.1) is 0 Å². The van der Waals surface area contributed by atoms with E-state index in [-0.39, 0.29) is 5.69 Å². The molecule has 0 saturated heterocycles. The van der Waals surface area contributed by atoms with Gasteiger partial charge in [-0.3, -0.25) is 14.9 Å². The SMILES string of the molecule is CCOc1ccc(-n2ccc(=O)c(C(=O)Nc3nc4ccc(OCC)cc4s3)n2)cc1. The summed E-state index contributed by atoms with van der Waals surface area (Å²) in [7, 11) is 0. The standard InChI is InChI=1S/C22H20N4O4S/c1-3-29-15-7-5-14(6-8-15)26-12-11-18(27)20(25-26)21(28)24-22-23-17-10-9-16(30-4-2)13-19(17)31-22/h5-13H,3-4H2,1-2H3,(H,23,24,28). The zero-order chi connectivity index (χ0) is 21.8. The molecule has 0 aliphatic heterocycles. The van der Waals surface area contributed by atoms with Gasteiger partial charge in [-0.15, -0.1) is 0 Å². The molecule has 9 heteroatoms. The summed E-state index contributed by atoms with van der Waals surface area (Å²) in [5.41, 5.74) is 0.739. The van der Waals surface area contributed by atoms with E-state index in [2.05, 4.69) is 15.4 Å². The molecule has 158 valence electrons. The number of benzene rings is 2. The Morgan fingerprint density at radius 3 is 2.48 bits per heavy atom. The van der Waals surface area contributed by atoms with E-state index in [0.717, 1.165) is 21.7 Å². The summed E-state index contributed by atoms with van der Waals surface area (Å²) >= 11 is 1.30. The monoisotopic (exact) mass is 436 g/mol. The van der Waals surface area contributed by atoms with Crippen molar-refractivity contribution >= 4 is 32.6 Å². The first-order valence-electron chi connectivity index (χ1n) is 9.75. The van der Waals surface area contributed by atoms with Gasteiger partial charge in [0.05, 0.1) is 29.1 Å². The Hall–Kier alpha value is -3.72. The van der Waals surface area contributed by atoms with Crippen LogP contribution in [0.25, 0.3) is 15.9 Å². The van der Waals surface area contributed by atoms with Gasteiger partial charge in [-0.2, -0.15) is 5.10 Å². The molecule has 0 spiro atoms. The quantitative estimate of drug-likeness (QED) is 0.472. The summed E-state index contributed by atoms with van der Waals surface area (Å²) in [4.78, 5) is 29.4. The second-order valence-corrected chi connectivity index (χ2v) is 7.47. The number of fused-ring (bicyclic) bond motifs is 1. The largest absolute Gasteiger partial charge is 0.494 e. The predicted octanol–water partition coefficient (Wildman–Crippen LogP) is 3.89. The van der Waals surface area contributed by atoms with Crippen molar-refractivity contribution in [3.05, 3.63) is 70.6 Å². The van der Waals surface area contributed by atoms with Crippen LogP contribution in [-0.4, -0.2) is 33.9 Å². The lowest BCUT2D eigenvalue weighted by molar-refractivity contribution is 0.101. The molecule has 1 amide bonds. The highest BCUT2D eigenvalue weighted by Gasteiger charge is 2.16. The van der Waals surface area contributed by atoms with Crippen LogP contribution in [0.2, 0.25) is 0 Å². The van der Waals surface area contributed by atoms with Crippen LogP contribution in [0.1, 0.15) is 24.3 Å². The minimum Gasteiger partial charge on any atom is -0.494 e. The third-order valence-corrected chi connectivity index (χ3v) is 5.26. The molecule has 2 aromatic carbocycles. The molecule has 4 rings (SSSR count). The first kappa shape index (κ1) is 20.5. The van der Waals surface area contributed by atoms with Crippen LogP contribution in [0.3, 0.4) is 0 Å².